The van der Waals surface area contributed by atoms with Gasteiger partial charge in [-0.25, -0.2) is 0 Å². The summed E-state index contributed by atoms with van der Waals surface area (Å²) in [6.07, 6.45) is 8.62. The van der Waals surface area contributed by atoms with E-state index in [2.05, 4.69) is 0 Å². The molecule has 0 aliphatic carbocycles. The van der Waals surface area contributed by atoms with E-state index in [1.165, 1.54) is 0 Å². The molecule has 2 saturated heterocycles. The predicted molar refractivity (Wildman–Crippen MR) is 161 cm³/mol. The van der Waals surface area contributed by atoms with Crippen LogP contribution in [0.25, 0.3) is 0 Å². The zero-order chi connectivity index (χ0) is 30.2. The Hall–Kier alpha value is -3.95. The van der Waals surface area contributed by atoms with Crippen LogP contribution >= 0.6 is 0 Å². The SMILES string of the molecule is CCOc1ccc(N2CC=C[C@]3(C)O[C@]45C=CCN(Cc6ccccc6)C(=O)C4N(CCCCO)C(=O)[C@@H]5[C@@H]3C2=O)cc1. The van der Waals surface area contributed by atoms with Crippen LogP contribution in [-0.4, -0.2) is 82.7 Å². The fraction of sp³-hybridized carbons (Fsp3) is 0.441. The number of hydrogen-bond donors (Lipinski definition) is 1. The second kappa shape index (κ2) is 11.6. The number of anilines is 1. The number of aliphatic hydroxyl groups is 1. The minimum atomic E-state index is -1.31. The van der Waals surface area contributed by atoms with Crippen molar-refractivity contribution >= 4 is 23.4 Å². The molecule has 1 unspecified atom stereocenters. The van der Waals surface area contributed by atoms with Crippen LogP contribution < -0.4 is 9.64 Å². The molecule has 4 aliphatic heterocycles. The van der Waals surface area contributed by atoms with E-state index in [0.717, 1.165) is 5.56 Å². The van der Waals surface area contributed by atoms with Gasteiger partial charge in [0.2, 0.25) is 17.7 Å². The number of hydrogen-bond acceptors (Lipinski definition) is 6. The Morgan fingerprint density at radius 2 is 1.65 bits per heavy atom. The molecule has 0 bridgehead atoms. The largest absolute Gasteiger partial charge is 0.494 e. The van der Waals surface area contributed by atoms with Gasteiger partial charge in [-0.05, 0) is 56.5 Å². The number of carbonyl (C=O) groups is 3. The van der Waals surface area contributed by atoms with Gasteiger partial charge in [0, 0.05) is 38.5 Å². The lowest BCUT2D eigenvalue weighted by atomic mass is 9.74. The molecule has 226 valence electrons. The maximum Gasteiger partial charge on any atom is 0.249 e. The van der Waals surface area contributed by atoms with Crippen LogP contribution in [-0.2, 0) is 25.7 Å². The van der Waals surface area contributed by atoms with Gasteiger partial charge in [-0.15, -0.1) is 0 Å². The zero-order valence-electron chi connectivity index (χ0n) is 24.7. The molecular weight excluding hydrogens is 546 g/mol. The summed E-state index contributed by atoms with van der Waals surface area (Å²) < 4.78 is 12.5. The molecule has 2 fully saturated rings. The Bertz CT molecular complexity index is 1430. The summed E-state index contributed by atoms with van der Waals surface area (Å²) in [6, 6.07) is 16.2. The molecule has 2 aromatic carbocycles. The molecule has 5 atom stereocenters. The quantitative estimate of drug-likeness (QED) is 0.358. The Morgan fingerprint density at radius 1 is 0.907 bits per heavy atom. The highest BCUT2D eigenvalue weighted by Gasteiger charge is 2.74. The number of likely N-dealkylation sites (tertiary alicyclic amines) is 1. The fourth-order valence-corrected chi connectivity index (χ4v) is 7.27. The number of amides is 3. The van der Waals surface area contributed by atoms with E-state index >= 15 is 0 Å². The van der Waals surface area contributed by atoms with E-state index in [9.17, 15) is 19.5 Å². The smallest absolute Gasteiger partial charge is 0.249 e. The molecule has 9 heteroatoms. The third kappa shape index (κ3) is 4.94. The first-order valence-electron chi connectivity index (χ1n) is 15.2. The van der Waals surface area contributed by atoms with Crippen LogP contribution in [0.2, 0.25) is 0 Å². The number of unbranched alkanes of at least 4 members (excludes halogenated alkanes) is 1. The van der Waals surface area contributed by atoms with E-state index < -0.39 is 29.1 Å². The fourth-order valence-electron chi connectivity index (χ4n) is 7.27. The van der Waals surface area contributed by atoms with Crippen LogP contribution in [0.1, 0.15) is 32.3 Å². The molecule has 6 rings (SSSR count). The van der Waals surface area contributed by atoms with Gasteiger partial charge >= 0.3 is 0 Å². The van der Waals surface area contributed by atoms with Crippen molar-refractivity contribution in [3.8, 4) is 5.75 Å². The lowest BCUT2D eigenvalue weighted by Crippen LogP contribution is -2.55. The van der Waals surface area contributed by atoms with Gasteiger partial charge in [0.05, 0.1) is 24.0 Å². The normalized spacial score (nSPS) is 29.8. The minimum absolute atomic E-state index is 0.00717. The number of nitrogens with zero attached hydrogens (tertiary/aromatic N) is 3. The first-order valence-corrected chi connectivity index (χ1v) is 15.2. The van der Waals surface area contributed by atoms with E-state index in [-0.39, 0.29) is 24.3 Å². The van der Waals surface area contributed by atoms with E-state index in [0.29, 0.717) is 57.1 Å². The number of aliphatic hydroxyl groups excluding tert-OH is 1. The Kier molecular flexibility index (Phi) is 7.87. The average molecular weight is 586 g/mol. The maximum atomic E-state index is 14.5. The zero-order valence-corrected chi connectivity index (χ0v) is 24.7. The molecule has 3 amide bonds. The van der Waals surface area contributed by atoms with Crippen molar-refractivity contribution < 1.29 is 29.0 Å². The molecule has 9 nitrogen and oxygen atoms in total. The van der Waals surface area contributed by atoms with Crippen molar-refractivity contribution in [2.24, 2.45) is 11.8 Å². The Labute approximate surface area is 252 Å². The summed E-state index contributed by atoms with van der Waals surface area (Å²) in [7, 11) is 0. The number of benzene rings is 2. The molecule has 43 heavy (non-hydrogen) atoms. The predicted octanol–water partition coefficient (Wildman–Crippen LogP) is 3.33. The van der Waals surface area contributed by atoms with Gasteiger partial charge in [-0.1, -0.05) is 54.6 Å². The highest BCUT2D eigenvalue weighted by atomic mass is 16.5. The lowest BCUT2D eigenvalue weighted by Gasteiger charge is -2.37. The molecule has 4 aliphatic rings. The van der Waals surface area contributed by atoms with Crippen molar-refractivity contribution in [3.05, 3.63) is 84.5 Å². The summed E-state index contributed by atoms with van der Waals surface area (Å²) in [5.41, 5.74) is -0.709. The molecule has 1 N–H and O–H groups in total. The number of carbonyl (C=O) groups excluding carboxylic acids is 3. The molecule has 0 saturated carbocycles. The van der Waals surface area contributed by atoms with Crippen molar-refractivity contribution in [1.82, 2.24) is 9.80 Å². The summed E-state index contributed by atoms with van der Waals surface area (Å²) >= 11 is 0. The van der Waals surface area contributed by atoms with Gasteiger partial charge in [0.25, 0.3) is 0 Å². The third-order valence-corrected chi connectivity index (χ3v) is 9.12. The molecule has 2 aromatic rings. The Balaban J connectivity index is 1.39. The van der Waals surface area contributed by atoms with Crippen LogP contribution in [0.15, 0.2) is 78.9 Å². The molecule has 0 aromatic heterocycles. The topological polar surface area (TPSA) is 99.6 Å². The number of fused-ring (bicyclic) bond motifs is 2. The van der Waals surface area contributed by atoms with E-state index in [1.54, 1.807) is 14.7 Å². The summed E-state index contributed by atoms with van der Waals surface area (Å²) in [5.74, 6) is -1.68. The minimum Gasteiger partial charge on any atom is -0.494 e. The standard InChI is InChI=1S/C34H39N3O6/c1-3-42-26-15-13-25(14-16-26)36-21-9-17-33(2)27(30(36)39)28-31(40)37(20-7-8-22-38)29-32(41)35(19-10-18-34(28,29)43-33)23-24-11-5-4-6-12-24/h4-6,9-18,27-29,38H,3,7-8,19-23H2,1-2H3/t27-,28+,29?,33+,34+/m1/s1. The van der Waals surface area contributed by atoms with Crippen molar-refractivity contribution in [1.29, 1.82) is 0 Å². The molecule has 0 radical (unpaired) electrons. The van der Waals surface area contributed by atoms with Crippen LogP contribution in [0, 0.1) is 11.8 Å². The van der Waals surface area contributed by atoms with Gasteiger partial charge < -0.3 is 29.3 Å². The first kappa shape index (κ1) is 29.1. The van der Waals surface area contributed by atoms with Gasteiger partial charge in [0.15, 0.2) is 0 Å². The Morgan fingerprint density at radius 3 is 2.37 bits per heavy atom. The van der Waals surface area contributed by atoms with E-state index in [1.807, 2.05) is 92.7 Å². The summed E-state index contributed by atoms with van der Waals surface area (Å²) in [5, 5.41) is 9.46. The van der Waals surface area contributed by atoms with Gasteiger partial charge in [-0.2, -0.15) is 0 Å². The number of rotatable bonds is 9. The molecule has 1 spiro atoms. The van der Waals surface area contributed by atoms with Crippen LogP contribution in [0.3, 0.4) is 0 Å². The lowest BCUT2D eigenvalue weighted by molar-refractivity contribution is -0.151. The van der Waals surface area contributed by atoms with Crippen LogP contribution in [0.5, 0.6) is 5.75 Å². The second-order valence-electron chi connectivity index (χ2n) is 11.8. The molecular formula is C34H39N3O6. The number of ether oxygens (including phenoxy) is 2. The third-order valence-electron chi connectivity index (χ3n) is 9.12. The van der Waals surface area contributed by atoms with E-state index in [4.69, 9.17) is 9.47 Å². The van der Waals surface area contributed by atoms with Gasteiger partial charge in [0.1, 0.15) is 17.4 Å². The summed E-state index contributed by atoms with van der Waals surface area (Å²) in [6.45, 7) is 5.69. The average Bonchev–Trinajstić information content (AvgIpc) is 3.27. The first-order chi connectivity index (χ1) is 20.8. The van der Waals surface area contributed by atoms with Crippen molar-refractivity contribution in [3.63, 3.8) is 0 Å². The van der Waals surface area contributed by atoms with Crippen molar-refractivity contribution in [2.45, 2.75) is 50.5 Å². The van der Waals surface area contributed by atoms with Gasteiger partial charge in [-0.3, -0.25) is 14.4 Å². The van der Waals surface area contributed by atoms with Crippen LogP contribution in [0.4, 0.5) is 5.69 Å². The summed E-state index contributed by atoms with van der Waals surface area (Å²) in [4.78, 5) is 48.4. The highest BCUT2D eigenvalue weighted by molar-refractivity contribution is 6.04. The second-order valence-corrected chi connectivity index (χ2v) is 11.8. The maximum absolute atomic E-state index is 14.5. The highest BCUT2D eigenvalue weighted by Crippen LogP contribution is 2.57. The molecule has 4 heterocycles. The van der Waals surface area contributed by atoms with Crippen molar-refractivity contribution in [2.75, 3.05) is 37.7 Å². The monoisotopic (exact) mass is 585 g/mol.